The van der Waals surface area contributed by atoms with E-state index in [1.54, 1.807) is 6.92 Å². The summed E-state index contributed by atoms with van der Waals surface area (Å²) < 4.78 is 4.73. The van der Waals surface area contributed by atoms with Gasteiger partial charge < -0.3 is 10.1 Å². The summed E-state index contributed by atoms with van der Waals surface area (Å²) in [5.74, 6) is -1.48. The second-order valence-electron chi connectivity index (χ2n) is 4.02. The van der Waals surface area contributed by atoms with E-state index >= 15 is 0 Å². The highest BCUT2D eigenvalue weighted by atomic mass is 16.5. The molecular formula is C13H15NO3. The molecule has 1 aromatic carbocycles. The lowest BCUT2D eigenvalue weighted by Gasteiger charge is -2.24. The first-order chi connectivity index (χ1) is 8.22. The Kier molecular flexibility index (Phi) is 3.42. The van der Waals surface area contributed by atoms with Crippen LogP contribution in [0.2, 0.25) is 0 Å². The molecule has 4 nitrogen and oxygen atoms in total. The molecule has 1 N–H and O–H groups in total. The van der Waals surface area contributed by atoms with Gasteiger partial charge in [-0.3, -0.25) is 4.79 Å². The van der Waals surface area contributed by atoms with Crippen LogP contribution in [-0.2, 0) is 20.7 Å². The molecule has 1 aliphatic heterocycles. The maximum atomic E-state index is 11.8. The molecule has 4 heteroatoms. The van der Waals surface area contributed by atoms with Gasteiger partial charge >= 0.3 is 5.97 Å². The molecule has 0 fully saturated rings. The van der Waals surface area contributed by atoms with Crippen LogP contribution in [0.5, 0.6) is 0 Å². The average Bonchev–Trinajstić information content (AvgIpc) is 2.37. The van der Waals surface area contributed by atoms with Crippen molar-refractivity contribution >= 4 is 17.4 Å². The molecule has 90 valence electrons. The number of rotatable bonds is 3. The molecular weight excluding hydrogens is 218 g/mol. The number of ketones is 1. The summed E-state index contributed by atoms with van der Waals surface area (Å²) in [5.41, 5.74) is 2.11. The quantitative estimate of drug-likeness (QED) is 0.633. The van der Waals surface area contributed by atoms with E-state index in [4.69, 9.17) is 4.74 Å². The molecule has 1 unspecified atom stereocenters. The third-order valence-electron chi connectivity index (χ3n) is 2.87. The maximum Gasteiger partial charge on any atom is 0.374 e. The van der Waals surface area contributed by atoms with E-state index in [0.29, 0.717) is 13.0 Å². The topological polar surface area (TPSA) is 55.4 Å². The van der Waals surface area contributed by atoms with E-state index in [-0.39, 0.29) is 12.5 Å². The van der Waals surface area contributed by atoms with Gasteiger partial charge in [0.2, 0.25) is 5.78 Å². The van der Waals surface area contributed by atoms with Crippen LogP contribution in [0, 0.1) is 5.92 Å². The minimum absolute atomic E-state index is 0.237. The van der Waals surface area contributed by atoms with Crippen LogP contribution in [0.1, 0.15) is 12.5 Å². The summed E-state index contributed by atoms with van der Waals surface area (Å²) in [4.78, 5) is 23.1. The number of carbonyl (C=O) groups is 2. The number of benzene rings is 1. The lowest BCUT2D eigenvalue weighted by Crippen LogP contribution is -2.35. The standard InChI is InChI=1S/C13H15NO3/c1-2-17-13(16)12(15)10-7-9-5-3-4-6-11(9)14-8-10/h3-6,10,14H,2,7-8H2,1H3. The number of para-hydroxylation sites is 1. The van der Waals surface area contributed by atoms with E-state index in [0.717, 1.165) is 11.3 Å². The van der Waals surface area contributed by atoms with Crippen LogP contribution >= 0.6 is 0 Å². The highest BCUT2D eigenvalue weighted by Gasteiger charge is 2.29. The van der Waals surface area contributed by atoms with Gasteiger partial charge in [-0.25, -0.2) is 4.79 Å². The first-order valence-electron chi connectivity index (χ1n) is 5.75. The molecule has 0 aromatic heterocycles. The lowest BCUT2D eigenvalue weighted by atomic mass is 9.91. The molecule has 1 aromatic rings. The molecule has 1 atom stereocenters. The van der Waals surface area contributed by atoms with Gasteiger partial charge in [0.15, 0.2) is 0 Å². The van der Waals surface area contributed by atoms with Gasteiger partial charge in [-0.1, -0.05) is 18.2 Å². The van der Waals surface area contributed by atoms with Gasteiger partial charge in [-0.15, -0.1) is 0 Å². The van der Waals surface area contributed by atoms with Crippen molar-refractivity contribution in [3.63, 3.8) is 0 Å². The molecule has 0 bridgehead atoms. The monoisotopic (exact) mass is 233 g/mol. The summed E-state index contributed by atoms with van der Waals surface area (Å²) in [6.07, 6.45) is 0.598. The van der Waals surface area contributed by atoms with Gasteiger partial charge in [0.25, 0.3) is 0 Å². The number of carbonyl (C=O) groups excluding carboxylic acids is 2. The highest BCUT2D eigenvalue weighted by molar-refractivity contribution is 6.34. The first kappa shape index (κ1) is 11.6. The van der Waals surface area contributed by atoms with Gasteiger partial charge in [0.05, 0.1) is 12.5 Å². The number of hydrogen-bond acceptors (Lipinski definition) is 4. The number of esters is 1. The SMILES string of the molecule is CCOC(=O)C(=O)C1CNc2ccccc2C1. The Labute approximate surface area is 100.0 Å². The van der Waals surface area contributed by atoms with E-state index in [1.807, 2.05) is 24.3 Å². The van der Waals surface area contributed by atoms with Gasteiger partial charge in [0.1, 0.15) is 0 Å². The Bertz CT molecular complexity index is 442. The normalized spacial score (nSPS) is 17.8. The Morgan fingerprint density at radius 1 is 1.41 bits per heavy atom. The molecule has 1 aliphatic rings. The number of hydrogen-bond donors (Lipinski definition) is 1. The van der Waals surface area contributed by atoms with Crippen molar-refractivity contribution in [2.24, 2.45) is 5.92 Å². The second-order valence-corrected chi connectivity index (χ2v) is 4.02. The van der Waals surface area contributed by atoms with Crippen molar-refractivity contribution in [3.8, 4) is 0 Å². The van der Waals surface area contributed by atoms with Gasteiger partial charge in [0, 0.05) is 12.2 Å². The number of fused-ring (bicyclic) bond motifs is 1. The Balaban J connectivity index is 2.07. The van der Waals surface area contributed by atoms with Crippen molar-refractivity contribution in [1.29, 1.82) is 0 Å². The minimum Gasteiger partial charge on any atom is -0.460 e. The molecule has 0 spiro atoms. The average molecular weight is 233 g/mol. The van der Waals surface area contributed by atoms with Crippen molar-refractivity contribution in [2.45, 2.75) is 13.3 Å². The Morgan fingerprint density at radius 3 is 2.94 bits per heavy atom. The van der Waals surface area contributed by atoms with E-state index in [1.165, 1.54) is 0 Å². The molecule has 0 saturated heterocycles. The van der Waals surface area contributed by atoms with Crippen LogP contribution in [0.4, 0.5) is 5.69 Å². The fourth-order valence-corrected chi connectivity index (χ4v) is 2.00. The fourth-order valence-electron chi connectivity index (χ4n) is 2.00. The highest BCUT2D eigenvalue weighted by Crippen LogP contribution is 2.24. The molecule has 0 saturated carbocycles. The van der Waals surface area contributed by atoms with Crippen LogP contribution in [0.15, 0.2) is 24.3 Å². The second kappa shape index (κ2) is 4.99. The van der Waals surface area contributed by atoms with Crippen LogP contribution in [0.25, 0.3) is 0 Å². The van der Waals surface area contributed by atoms with Crippen LogP contribution < -0.4 is 5.32 Å². The molecule has 0 radical (unpaired) electrons. The number of Topliss-reactive ketones (excluding diaryl/α,β-unsaturated/α-hetero) is 1. The number of nitrogens with one attached hydrogen (secondary N) is 1. The lowest BCUT2D eigenvalue weighted by molar-refractivity contribution is -0.155. The third kappa shape index (κ3) is 2.46. The fraction of sp³-hybridized carbons (Fsp3) is 0.385. The largest absolute Gasteiger partial charge is 0.460 e. The van der Waals surface area contributed by atoms with Gasteiger partial charge in [-0.05, 0) is 25.0 Å². The summed E-state index contributed by atoms with van der Waals surface area (Å²) in [6.45, 7) is 2.43. The Hall–Kier alpha value is -1.84. The van der Waals surface area contributed by atoms with Crippen molar-refractivity contribution < 1.29 is 14.3 Å². The summed E-state index contributed by atoms with van der Waals surface area (Å²) in [5, 5.41) is 3.16. The first-order valence-corrected chi connectivity index (χ1v) is 5.75. The minimum atomic E-state index is -0.723. The smallest absolute Gasteiger partial charge is 0.374 e. The summed E-state index contributed by atoms with van der Waals surface area (Å²) in [6, 6.07) is 7.81. The van der Waals surface area contributed by atoms with Crippen molar-refractivity contribution in [1.82, 2.24) is 0 Å². The van der Waals surface area contributed by atoms with Gasteiger partial charge in [-0.2, -0.15) is 0 Å². The molecule has 2 rings (SSSR count). The third-order valence-corrected chi connectivity index (χ3v) is 2.87. The summed E-state index contributed by atoms with van der Waals surface area (Å²) >= 11 is 0. The maximum absolute atomic E-state index is 11.8. The zero-order chi connectivity index (χ0) is 12.3. The molecule has 17 heavy (non-hydrogen) atoms. The number of anilines is 1. The van der Waals surface area contributed by atoms with E-state index in [9.17, 15) is 9.59 Å². The molecule has 0 amide bonds. The predicted molar refractivity (Wildman–Crippen MR) is 63.8 cm³/mol. The van der Waals surface area contributed by atoms with Crippen molar-refractivity contribution in [2.75, 3.05) is 18.5 Å². The molecule has 0 aliphatic carbocycles. The zero-order valence-corrected chi connectivity index (χ0v) is 9.73. The van der Waals surface area contributed by atoms with E-state index in [2.05, 4.69) is 5.32 Å². The predicted octanol–water partition coefficient (Wildman–Crippen LogP) is 1.40. The van der Waals surface area contributed by atoms with E-state index < -0.39 is 11.8 Å². The van der Waals surface area contributed by atoms with Crippen molar-refractivity contribution in [3.05, 3.63) is 29.8 Å². The Morgan fingerprint density at radius 2 is 2.18 bits per heavy atom. The molecule has 1 heterocycles. The summed E-state index contributed by atoms with van der Waals surface area (Å²) in [7, 11) is 0. The zero-order valence-electron chi connectivity index (χ0n) is 9.73. The van der Waals surface area contributed by atoms with Crippen LogP contribution in [0.3, 0.4) is 0 Å². The number of ether oxygens (including phenoxy) is 1. The van der Waals surface area contributed by atoms with Crippen LogP contribution in [-0.4, -0.2) is 24.9 Å².